The van der Waals surface area contributed by atoms with Crippen LogP contribution in [0.2, 0.25) is 0 Å². The van der Waals surface area contributed by atoms with Gasteiger partial charge in [0.05, 0.1) is 0 Å². The van der Waals surface area contributed by atoms with Gasteiger partial charge < -0.3 is 4.90 Å². The lowest BCUT2D eigenvalue weighted by Crippen LogP contribution is -2.22. The van der Waals surface area contributed by atoms with Gasteiger partial charge in [-0.25, -0.2) is 9.97 Å². The van der Waals surface area contributed by atoms with Crippen LogP contribution in [0.4, 0.5) is 5.82 Å². The summed E-state index contributed by atoms with van der Waals surface area (Å²) in [6.07, 6.45) is 6.92. The molecule has 0 fully saturated rings. The lowest BCUT2D eigenvalue weighted by Gasteiger charge is -2.20. The molecule has 2 aromatic rings. The Hall–Kier alpha value is -2.16. The quantitative estimate of drug-likeness (QED) is 0.785. The molecule has 1 aromatic carbocycles. The summed E-state index contributed by atoms with van der Waals surface area (Å²) in [5.41, 5.74) is 3.60. The number of rotatable bonds is 3. The van der Waals surface area contributed by atoms with Crippen LogP contribution in [0.25, 0.3) is 0 Å². The summed E-state index contributed by atoms with van der Waals surface area (Å²) in [6.45, 7) is 3.95. The molecule has 0 bridgehead atoms. The largest absolute Gasteiger partial charge is 0.349 e. The third-order valence-electron chi connectivity index (χ3n) is 3.48. The van der Waals surface area contributed by atoms with Gasteiger partial charge in [0.15, 0.2) is 0 Å². The van der Waals surface area contributed by atoms with E-state index in [1.165, 1.54) is 11.1 Å². The van der Waals surface area contributed by atoms with E-state index in [4.69, 9.17) is 0 Å². The van der Waals surface area contributed by atoms with E-state index in [1.807, 2.05) is 6.07 Å². The monoisotopic (exact) mass is 251 g/mol. The third-order valence-corrected chi connectivity index (χ3v) is 3.48. The van der Waals surface area contributed by atoms with E-state index in [-0.39, 0.29) is 0 Å². The third kappa shape index (κ3) is 2.50. The van der Waals surface area contributed by atoms with Crippen LogP contribution in [-0.4, -0.2) is 23.1 Å². The molecule has 1 aliphatic rings. The van der Waals surface area contributed by atoms with Crippen LogP contribution in [0.1, 0.15) is 16.8 Å². The smallest absolute Gasteiger partial charge is 0.136 e. The highest BCUT2D eigenvalue weighted by molar-refractivity contribution is 5.52. The molecule has 1 aromatic heterocycles. The predicted molar refractivity (Wildman–Crippen MR) is 77.4 cm³/mol. The van der Waals surface area contributed by atoms with Crippen molar-refractivity contribution in [1.29, 1.82) is 0 Å². The topological polar surface area (TPSA) is 29.0 Å². The zero-order valence-electron chi connectivity index (χ0n) is 11.1. The van der Waals surface area contributed by atoms with Crippen molar-refractivity contribution >= 4 is 5.82 Å². The van der Waals surface area contributed by atoms with Crippen molar-refractivity contribution in [3.05, 3.63) is 65.6 Å². The van der Waals surface area contributed by atoms with Crippen molar-refractivity contribution < 1.29 is 0 Å². The van der Waals surface area contributed by atoms with Crippen molar-refractivity contribution in [3.63, 3.8) is 0 Å². The summed E-state index contributed by atoms with van der Waals surface area (Å²) in [5.74, 6) is 1.07. The van der Waals surface area contributed by atoms with Crippen LogP contribution in [0, 0.1) is 6.92 Å². The van der Waals surface area contributed by atoms with E-state index < -0.39 is 0 Å². The molecular weight excluding hydrogens is 234 g/mol. The molecule has 0 spiro atoms. The molecule has 19 heavy (non-hydrogen) atoms. The zero-order chi connectivity index (χ0) is 13.1. The van der Waals surface area contributed by atoms with E-state index in [0.29, 0.717) is 0 Å². The highest BCUT2D eigenvalue weighted by atomic mass is 15.2. The summed E-state index contributed by atoms with van der Waals surface area (Å²) in [5, 5.41) is 0. The number of hydrogen-bond acceptors (Lipinski definition) is 3. The lowest BCUT2D eigenvalue weighted by molar-refractivity contribution is 0.912. The molecular formula is C16H17N3. The second kappa shape index (κ2) is 5.22. The highest BCUT2D eigenvalue weighted by Crippen LogP contribution is 2.24. The van der Waals surface area contributed by atoms with Crippen molar-refractivity contribution in [2.75, 3.05) is 18.0 Å². The number of aryl methyl sites for hydroxylation is 1. The lowest BCUT2D eigenvalue weighted by atomic mass is 10.0. The van der Waals surface area contributed by atoms with Crippen LogP contribution in [0.5, 0.6) is 0 Å². The summed E-state index contributed by atoms with van der Waals surface area (Å²) >= 11 is 0. The Morgan fingerprint density at radius 2 is 1.79 bits per heavy atom. The van der Waals surface area contributed by atoms with Gasteiger partial charge in [-0.2, -0.15) is 0 Å². The minimum atomic E-state index is 0.888. The molecule has 0 saturated heterocycles. The fourth-order valence-electron chi connectivity index (χ4n) is 2.42. The Morgan fingerprint density at radius 3 is 2.53 bits per heavy atom. The molecule has 0 atom stereocenters. The van der Waals surface area contributed by atoms with E-state index in [2.05, 4.69) is 58.2 Å². The Labute approximate surface area is 113 Å². The molecule has 3 heteroatoms. The molecule has 0 aliphatic carbocycles. The van der Waals surface area contributed by atoms with Gasteiger partial charge in [-0.1, -0.05) is 42.5 Å². The maximum Gasteiger partial charge on any atom is 0.136 e. The first kappa shape index (κ1) is 11.9. The molecule has 0 saturated carbocycles. The Balaban J connectivity index is 1.95. The highest BCUT2D eigenvalue weighted by Gasteiger charge is 2.16. The van der Waals surface area contributed by atoms with E-state index >= 15 is 0 Å². The number of anilines is 1. The van der Waals surface area contributed by atoms with Gasteiger partial charge in [-0.3, -0.25) is 0 Å². The van der Waals surface area contributed by atoms with Crippen molar-refractivity contribution in [2.24, 2.45) is 0 Å². The maximum absolute atomic E-state index is 4.49. The zero-order valence-corrected chi connectivity index (χ0v) is 11.1. The number of aromatic nitrogens is 2. The van der Waals surface area contributed by atoms with Gasteiger partial charge >= 0.3 is 0 Å². The van der Waals surface area contributed by atoms with Gasteiger partial charge in [0.25, 0.3) is 0 Å². The fourth-order valence-corrected chi connectivity index (χ4v) is 2.42. The molecule has 0 radical (unpaired) electrons. The predicted octanol–water partition coefficient (Wildman–Crippen LogP) is 2.75. The Morgan fingerprint density at radius 1 is 1.05 bits per heavy atom. The fraction of sp³-hybridized carbons (Fsp3) is 0.250. The molecule has 1 aliphatic heterocycles. The number of nitrogens with zero attached hydrogens (tertiary/aromatic N) is 3. The van der Waals surface area contributed by atoms with Gasteiger partial charge in [0.2, 0.25) is 0 Å². The molecule has 2 heterocycles. The molecule has 3 nitrogen and oxygen atoms in total. The Bertz CT molecular complexity index is 582. The first-order chi connectivity index (χ1) is 9.34. The normalized spacial score (nSPS) is 14.1. The van der Waals surface area contributed by atoms with E-state index in [9.17, 15) is 0 Å². The van der Waals surface area contributed by atoms with Crippen molar-refractivity contribution in [3.8, 4) is 0 Å². The summed E-state index contributed by atoms with van der Waals surface area (Å²) in [4.78, 5) is 11.1. The minimum Gasteiger partial charge on any atom is -0.349 e. The molecule has 0 unspecified atom stereocenters. The van der Waals surface area contributed by atoms with Crippen molar-refractivity contribution in [1.82, 2.24) is 9.97 Å². The van der Waals surface area contributed by atoms with E-state index in [1.54, 1.807) is 6.33 Å². The standard InChI is InChI=1S/C16H17N3/c1-13-15(11-14-7-3-2-4-8-14)16(18-12-17-13)19-9-5-6-10-19/h2-8,12H,9-11H2,1H3. The van der Waals surface area contributed by atoms with Gasteiger partial charge in [-0.05, 0) is 12.5 Å². The second-order valence-corrected chi connectivity index (χ2v) is 4.80. The summed E-state index contributed by atoms with van der Waals surface area (Å²) in [7, 11) is 0. The molecule has 0 N–H and O–H groups in total. The van der Waals surface area contributed by atoms with Gasteiger partial charge in [0, 0.05) is 30.8 Å². The van der Waals surface area contributed by atoms with Crippen molar-refractivity contribution in [2.45, 2.75) is 13.3 Å². The van der Waals surface area contributed by atoms with E-state index in [0.717, 1.165) is 31.0 Å². The first-order valence-electron chi connectivity index (χ1n) is 6.59. The molecule has 3 rings (SSSR count). The van der Waals surface area contributed by atoms with Crippen LogP contribution in [0.3, 0.4) is 0 Å². The minimum absolute atomic E-state index is 0.888. The summed E-state index contributed by atoms with van der Waals surface area (Å²) in [6, 6.07) is 10.5. The van der Waals surface area contributed by atoms with Gasteiger partial charge in [-0.15, -0.1) is 0 Å². The van der Waals surface area contributed by atoms with Crippen LogP contribution < -0.4 is 4.90 Å². The SMILES string of the molecule is Cc1ncnc(N2CC=CC2)c1Cc1ccccc1. The molecule has 0 amide bonds. The average molecular weight is 251 g/mol. The Kier molecular flexibility index (Phi) is 3.27. The maximum atomic E-state index is 4.49. The van der Waals surface area contributed by atoms with Gasteiger partial charge in [0.1, 0.15) is 12.1 Å². The average Bonchev–Trinajstić information content (AvgIpc) is 2.96. The number of benzene rings is 1. The summed E-state index contributed by atoms with van der Waals surface area (Å²) < 4.78 is 0. The second-order valence-electron chi connectivity index (χ2n) is 4.80. The van der Waals surface area contributed by atoms with Crippen LogP contribution in [-0.2, 0) is 6.42 Å². The van der Waals surface area contributed by atoms with Crippen LogP contribution in [0.15, 0.2) is 48.8 Å². The first-order valence-corrected chi connectivity index (χ1v) is 6.59. The molecule has 96 valence electrons. The van der Waals surface area contributed by atoms with Crippen LogP contribution >= 0.6 is 0 Å². The number of hydrogen-bond donors (Lipinski definition) is 0.